The van der Waals surface area contributed by atoms with Crippen molar-refractivity contribution >= 4 is 33.4 Å². The first kappa shape index (κ1) is 15.3. The molecule has 0 fully saturated rings. The fraction of sp³-hybridized carbons (Fsp3) is 0.200. The molecule has 6 heteroatoms. The molecule has 0 aliphatic carbocycles. The van der Waals surface area contributed by atoms with E-state index >= 15 is 0 Å². The average Bonchev–Trinajstić information content (AvgIpc) is 2.86. The van der Waals surface area contributed by atoms with Crippen LogP contribution in [0.1, 0.15) is 21.7 Å². The molecule has 0 aliphatic rings. The van der Waals surface area contributed by atoms with Gasteiger partial charge in [-0.15, -0.1) is 0 Å². The predicted octanol–water partition coefficient (Wildman–Crippen LogP) is 3.03. The number of anilines is 1. The molecule has 110 valence electrons. The second-order valence-corrected chi connectivity index (χ2v) is 5.43. The lowest BCUT2D eigenvalue weighted by atomic mass is 10.1. The smallest absolute Gasteiger partial charge is 0.287 e. The summed E-state index contributed by atoms with van der Waals surface area (Å²) in [5.41, 5.74) is 2.84. The van der Waals surface area contributed by atoms with Gasteiger partial charge in [0.25, 0.3) is 5.91 Å². The average molecular weight is 351 g/mol. The molecule has 0 aliphatic heterocycles. The van der Waals surface area contributed by atoms with Gasteiger partial charge < -0.3 is 15.1 Å². The second-order valence-electron chi connectivity index (χ2n) is 4.65. The van der Waals surface area contributed by atoms with Crippen LogP contribution in [0.4, 0.5) is 5.69 Å². The summed E-state index contributed by atoms with van der Waals surface area (Å²) in [4.78, 5) is 23.5. The Morgan fingerprint density at radius 1 is 1.19 bits per heavy atom. The maximum absolute atomic E-state index is 11.8. The van der Waals surface area contributed by atoms with Crippen molar-refractivity contribution < 1.29 is 14.0 Å². The van der Waals surface area contributed by atoms with E-state index in [4.69, 9.17) is 4.42 Å². The van der Waals surface area contributed by atoms with E-state index in [-0.39, 0.29) is 18.2 Å². The van der Waals surface area contributed by atoms with Crippen LogP contribution in [0.3, 0.4) is 0 Å². The third-order valence-electron chi connectivity index (χ3n) is 2.86. The van der Waals surface area contributed by atoms with Gasteiger partial charge in [-0.3, -0.25) is 9.59 Å². The molecule has 0 spiro atoms. The summed E-state index contributed by atoms with van der Waals surface area (Å²) < 4.78 is 5.57. The van der Waals surface area contributed by atoms with Gasteiger partial charge in [0, 0.05) is 5.69 Å². The maximum Gasteiger partial charge on any atom is 0.287 e. The minimum atomic E-state index is -0.434. The summed E-state index contributed by atoms with van der Waals surface area (Å²) in [6.45, 7) is 3.78. The van der Waals surface area contributed by atoms with Gasteiger partial charge in [0.15, 0.2) is 10.4 Å². The number of hydrogen-bond donors (Lipinski definition) is 2. The Bertz CT molecular complexity index is 679. The van der Waals surface area contributed by atoms with E-state index in [0.29, 0.717) is 4.67 Å². The Morgan fingerprint density at radius 3 is 2.57 bits per heavy atom. The summed E-state index contributed by atoms with van der Waals surface area (Å²) in [5.74, 6) is -0.571. The number of halogens is 1. The molecular weight excluding hydrogens is 336 g/mol. The SMILES string of the molecule is Cc1ccc(NC(=O)CNC(=O)c2ccc(Br)o2)c(C)c1. The lowest BCUT2D eigenvalue weighted by molar-refractivity contribution is -0.115. The number of rotatable bonds is 4. The predicted molar refractivity (Wildman–Crippen MR) is 83.3 cm³/mol. The standard InChI is InChI=1S/C15H15BrN2O3/c1-9-3-4-11(10(2)7-9)18-14(19)8-17-15(20)12-5-6-13(16)21-12/h3-7H,8H2,1-2H3,(H,17,20)(H,18,19). The van der Waals surface area contributed by atoms with Crippen LogP contribution in [0.2, 0.25) is 0 Å². The van der Waals surface area contributed by atoms with Crippen molar-refractivity contribution in [2.24, 2.45) is 0 Å². The monoisotopic (exact) mass is 350 g/mol. The van der Waals surface area contributed by atoms with Crippen LogP contribution >= 0.6 is 15.9 Å². The first-order valence-electron chi connectivity index (χ1n) is 6.36. The van der Waals surface area contributed by atoms with Gasteiger partial charge in [-0.2, -0.15) is 0 Å². The maximum atomic E-state index is 11.8. The van der Waals surface area contributed by atoms with Crippen molar-refractivity contribution in [3.05, 3.63) is 51.9 Å². The zero-order valence-electron chi connectivity index (χ0n) is 11.7. The van der Waals surface area contributed by atoms with Gasteiger partial charge in [0.2, 0.25) is 5.91 Å². The van der Waals surface area contributed by atoms with Gasteiger partial charge in [-0.1, -0.05) is 17.7 Å². The molecule has 1 aromatic carbocycles. The molecule has 0 saturated heterocycles. The fourth-order valence-corrected chi connectivity index (χ4v) is 2.14. The van der Waals surface area contributed by atoms with E-state index in [0.717, 1.165) is 16.8 Å². The zero-order valence-corrected chi connectivity index (χ0v) is 13.3. The highest BCUT2D eigenvalue weighted by atomic mass is 79.9. The number of amides is 2. The number of benzene rings is 1. The van der Waals surface area contributed by atoms with Crippen molar-refractivity contribution in [3.63, 3.8) is 0 Å². The Kier molecular flexibility index (Phi) is 4.80. The lowest BCUT2D eigenvalue weighted by Crippen LogP contribution is -2.32. The molecule has 0 unspecified atom stereocenters. The molecule has 0 radical (unpaired) electrons. The fourth-order valence-electron chi connectivity index (χ4n) is 1.83. The van der Waals surface area contributed by atoms with Crippen LogP contribution in [0.5, 0.6) is 0 Å². The van der Waals surface area contributed by atoms with Gasteiger partial charge in [0.1, 0.15) is 0 Å². The minimum Gasteiger partial charge on any atom is -0.444 e. The molecule has 5 nitrogen and oxygen atoms in total. The molecule has 0 saturated carbocycles. The molecule has 2 aromatic rings. The molecule has 2 amide bonds. The molecule has 1 aromatic heterocycles. The molecule has 1 heterocycles. The highest BCUT2D eigenvalue weighted by Crippen LogP contribution is 2.16. The van der Waals surface area contributed by atoms with Crippen LogP contribution in [0.15, 0.2) is 39.4 Å². The number of hydrogen-bond acceptors (Lipinski definition) is 3. The van der Waals surface area contributed by atoms with E-state index in [1.54, 1.807) is 6.07 Å². The topological polar surface area (TPSA) is 71.3 Å². The molecular formula is C15H15BrN2O3. The van der Waals surface area contributed by atoms with Crippen molar-refractivity contribution in [3.8, 4) is 0 Å². The third-order valence-corrected chi connectivity index (χ3v) is 3.29. The summed E-state index contributed by atoms with van der Waals surface area (Å²) in [6.07, 6.45) is 0. The van der Waals surface area contributed by atoms with Gasteiger partial charge in [0.05, 0.1) is 6.54 Å². The van der Waals surface area contributed by atoms with E-state index in [1.807, 2.05) is 32.0 Å². The Labute approximate surface area is 130 Å². The summed E-state index contributed by atoms with van der Waals surface area (Å²) in [6, 6.07) is 8.89. The zero-order chi connectivity index (χ0) is 15.4. The molecule has 21 heavy (non-hydrogen) atoms. The van der Waals surface area contributed by atoms with Crippen LogP contribution in [-0.2, 0) is 4.79 Å². The Balaban J connectivity index is 1.89. The number of furan rings is 1. The molecule has 2 rings (SSSR count). The molecule has 2 N–H and O–H groups in total. The summed E-state index contributed by atoms with van der Waals surface area (Å²) in [7, 11) is 0. The summed E-state index contributed by atoms with van der Waals surface area (Å²) in [5, 5.41) is 5.25. The first-order valence-corrected chi connectivity index (χ1v) is 7.15. The number of carbonyl (C=O) groups excluding carboxylic acids is 2. The lowest BCUT2D eigenvalue weighted by Gasteiger charge is -2.09. The van der Waals surface area contributed by atoms with Crippen LogP contribution < -0.4 is 10.6 Å². The van der Waals surface area contributed by atoms with Crippen LogP contribution in [0.25, 0.3) is 0 Å². The third kappa shape index (κ3) is 4.19. The Hall–Kier alpha value is -2.08. The summed E-state index contributed by atoms with van der Waals surface area (Å²) >= 11 is 3.11. The van der Waals surface area contributed by atoms with Crippen molar-refractivity contribution in [1.82, 2.24) is 5.32 Å². The largest absolute Gasteiger partial charge is 0.444 e. The highest BCUT2D eigenvalue weighted by Gasteiger charge is 2.12. The number of aryl methyl sites for hydroxylation is 2. The number of nitrogens with one attached hydrogen (secondary N) is 2. The van der Waals surface area contributed by atoms with E-state index in [1.165, 1.54) is 6.07 Å². The first-order chi connectivity index (χ1) is 9.95. The van der Waals surface area contributed by atoms with Gasteiger partial charge in [-0.25, -0.2) is 0 Å². The second kappa shape index (κ2) is 6.58. The van der Waals surface area contributed by atoms with Gasteiger partial charge in [-0.05, 0) is 53.5 Å². The number of carbonyl (C=O) groups is 2. The quantitative estimate of drug-likeness (QED) is 0.890. The molecule has 0 bridgehead atoms. The van der Waals surface area contributed by atoms with Crippen molar-refractivity contribution in [2.45, 2.75) is 13.8 Å². The van der Waals surface area contributed by atoms with E-state index < -0.39 is 5.91 Å². The van der Waals surface area contributed by atoms with Crippen molar-refractivity contribution in [2.75, 3.05) is 11.9 Å². The van der Waals surface area contributed by atoms with Gasteiger partial charge >= 0.3 is 0 Å². The van der Waals surface area contributed by atoms with Crippen LogP contribution in [-0.4, -0.2) is 18.4 Å². The highest BCUT2D eigenvalue weighted by molar-refractivity contribution is 9.10. The van der Waals surface area contributed by atoms with E-state index in [9.17, 15) is 9.59 Å². The minimum absolute atomic E-state index is 0.121. The van der Waals surface area contributed by atoms with E-state index in [2.05, 4.69) is 26.6 Å². The normalized spacial score (nSPS) is 10.2. The molecule has 0 atom stereocenters. The van der Waals surface area contributed by atoms with Crippen molar-refractivity contribution in [1.29, 1.82) is 0 Å². The Morgan fingerprint density at radius 2 is 1.95 bits per heavy atom. The van der Waals surface area contributed by atoms with Crippen LogP contribution in [0, 0.1) is 13.8 Å².